The Hall–Kier alpha value is -1.69. The molecule has 0 aliphatic carbocycles. The van der Waals surface area contributed by atoms with Gasteiger partial charge < -0.3 is 10.2 Å². The summed E-state index contributed by atoms with van der Waals surface area (Å²) in [5, 5.41) is 12.3. The van der Waals surface area contributed by atoms with Crippen LogP contribution in [0.1, 0.15) is 19.4 Å². The number of anilines is 2. The smallest absolute Gasteiger partial charge is 0.0992 e. The van der Waals surface area contributed by atoms with Crippen LogP contribution in [0.2, 0.25) is 0 Å². The average Bonchev–Trinajstić information content (AvgIpc) is 2.26. The molecule has 15 heavy (non-hydrogen) atoms. The van der Waals surface area contributed by atoms with Crippen molar-refractivity contribution in [2.24, 2.45) is 0 Å². The highest BCUT2D eigenvalue weighted by atomic mass is 15.2. The van der Waals surface area contributed by atoms with Crippen molar-refractivity contribution in [3.8, 4) is 6.07 Å². The maximum absolute atomic E-state index is 8.85. The van der Waals surface area contributed by atoms with Crippen LogP contribution in [0.5, 0.6) is 0 Å². The molecule has 3 heteroatoms. The molecule has 0 aromatic heterocycles. The molecule has 1 heterocycles. The second-order valence-corrected chi connectivity index (χ2v) is 4.13. The van der Waals surface area contributed by atoms with Crippen molar-refractivity contribution in [2.45, 2.75) is 25.9 Å². The first-order valence-corrected chi connectivity index (χ1v) is 5.17. The van der Waals surface area contributed by atoms with E-state index in [9.17, 15) is 0 Å². The number of nitriles is 1. The monoisotopic (exact) mass is 201 g/mol. The number of nitrogens with zero attached hydrogens (tertiary/aromatic N) is 2. The molecule has 1 N–H and O–H groups in total. The van der Waals surface area contributed by atoms with Gasteiger partial charge in [-0.1, -0.05) is 0 Å². The Bertz CT molecular complexity index is 419. The molecule has 2 rings (SSSR count). The fraction of sp³-hybridized carbons (Fsp3) is 0.417. The van der Waals surface area contributed by atoms with Gasteiger partial charge in [-0.25, -0.2) is 0 Å². The van der Waals surface area contributed by atoms with Crippen LogP contribution in [0, 0.1) is 11.3 Å². The summed E-state index contributed by atoms with van der Waals surface area (Å²) in [5.74, 6) is 0. The minimum Gasteiger partial charge on any atom is -0.379 e. The molecule has 0 fully saturated rings. The zero-order valence-electron chi connectivity index (χ0n) is 9.28. The Morgan fingerprint density at radius 3 is 2.80 bits per heavy atom. The lowest BCUT2D eigenvalue weighted by Crippen LogP contribution is -2.45. The van der Waals surface area contributed by atoms with Crippen molar-refractivity contribution in [3.05, 3.63) is 23.8 Å². The van der Waals surface area contributed by atoms with Crippen LogP contribution in [0.4, 0.5) is 11.4 Å². The van der Waals surface area contributed by atoms with Gasteiger partial charge in [-0.2, -0.15) is 5.26 Å². The Morgan fingerprint density at radius 2 is 2.13 bits per heavy atom. The predicted molar refractivity (Wildman–Crippen MR) is 62.1 cm³/mol. The number of benzene rings is 1. The van der Waals surface area contributed by atoms with E-state index in [1.807, 2.05) is 18.2 Å². The van der Waals surface area contributed by atoms with Crippen molar-refractivity contribution in [2.75, 3.05) is 17.3 Å². The summed E-state index contributed by atoms with van der Waals surface area (Å²) in [5.41, 5.74) is 2.94. The fourth-order valence-corrected chi connectivity index (χ4v) is 1.94. The Labute approximate surface area is 90.3 Å². The largest absolute Gasteiger partial charge is 0.379 e. The predicted octanol–water partition coefficient (Wildman–Crippen LogP) is 2.20. The van der Waals surface area contributed by atoms with Gasteiger partial charge in [0.2, 0.25) is 0 Å². The summed E-state index contributed by atoms with van der Waals surface area (Å²) >= 11 is 0. The zero-order valence-corrected chi connectivity index (χ0v) is 9.28. The average molecular weight is 201 g/mol. The van der Waals surface area contributed by atoms with Gasteiger partial charge in [0.25, 0.3) is 0 Å². The van der Waals surface area contributed by atoms with Crippen LogP contribution in [0.25, 0.3) is 0 Å². The molecule has 2 unspecified atom stereocenters. The topological polar surface area (TPSA) is 39.1 Å². The highest BCUT2D eigenvalue weighted by Gasteiger charge is 2.25. The Balaban J connectivity index is 2.48. The summed E-state index contributed by atoms with van der Waals surface area (Å²) in [4.78, 5) is 2.22. The lowest BCUT2D eigenvalue weighted by molar-refractivity contribution is 0.587. The standard InChI is InChI=1S/C12H15N3/c1-8-9(2)15(3)12-6-10(7-13)4-5-11(12)14-8/h4-6,8-9,14H,1-3H3. The van der Waals surface area contributed by atoms with Crippen LogP contribution >= 0.6 is 0 Å². The molecule has 1 aliphatic rings. The van der Waals surface area contributed by atoms with Crippen molar-refractivity contribution < 1.29 is 0 Å². The van der Waals surface area contributed by atoms with E-state index in [-0.39, 0.29) is 0 Å². The highest BCUT2D eigenvalue weighted by Crippen LogP contribution is 2.33. The molecule has 0 spiro atoms. The van der Waals surface area contributed by atoms with Gasteiger partial charge in [0.05, 0.1) is 23.0 Å². The molecular formula is C12H15N3. The van der Waals surface area contributed by atoms with Crippen molar-refractivity contribution in [1.29, 1.82) is 5.26 Å². The lowest BCUT2D eigenvalue weighted by atomic mass is 10.0. The summed E-state index contributed by atoms with van der Waals surface area (Å²) < 4.78 is 0. The number of nitrogens with one attached hydrogen (secondary N) is 1. The molecule has 0 saturated heterocycles. The molecular weight excluding hydrogens is 186 g/mol. The minimum absolute atomic E-state index is 0.426. The SMILES string of the molecule is CC1Nc2ccc(C#N)cc2N(C)C1C. The molecule has 1 aromatic rings. The molecule has 0 radical (unpaired) electrons. The van der Waals surface area contributed by atoms with E-state index in [1.165, 1.54) is 0 Å². The third kappa shape index (κ3) is 1.52. The first-order chi connectivity index (χ1) is 7.13. The van der Waals surface area contributed by atoms with Crippen LogP contribution < -0.4 is 10.2 Å². The molecule has 78 valence electrons. The molecule has 0 bridgehead atoms. The van der Waals surface area contributed by atoms with Gasteiger partial charge >= 0.3 is 0 Å². The maximum atomic E-state index is 8.85. The number of hydrogen-bond acceptors (Lipinski definition) is 3. The minimum atomic E-state index is 0.426. The van der Waals surface area contributed by atoms with Gasteiger partial charge in [0.15, 0.2) is 0 Å². The van der Waals surface area contributed by atoms with Crippen molar-refractivity contribution in [3.63, 3.8) is 0 Å². The lowest BCUT2D eigenvalue weighted by Gasteiger charge is -2.39. The summed E-state index contributed by atoms with van der Waals surface area (Å²) in [6.07, 6.45) is 0. The van der Waals surface area contributed by atoms with Crippen molar-refractivity contribution >= 4 is 11.4 Å². The molecule has 0 amide bonds. The van der Waals surface area contributed by atoms with E-state index in [4.69, 9.17) is 5.26 Å². The normalized spacial score (nSPS) is 24.0. The fourth-order valence-electron chi connectivity index (χ4n) is 1.94. The van der Waals surface area contributed by atoms with Gasteiger partial charge in [-0.15, -0.1) is 0 Å². The van der Waals surface area contributed by atoms with Crippen molar-refractivity contribution in [1.82, 2.24) is 0 Å². The summed E-state index contributed by atoms with van der Waals surface area (Å²) in [7, 11) is 2.07. The first kappa shape index (κ1) is 9.85. The van der Waals surface area contributed by atoms with Crippen LogP contribution in [-0.2, 0) is 0 Å². The van der Waals surface area contributed by atoms with Crippen LogP contribution in [-0.4, -0.2) is 19.1 Å². The Morgan fingerprint density at radius 1 is 1.40 bits per heavy atom. The summed E-state index contributed by atoms with van der Waals surface area (Å²) in [6.45, 7) is 4.35. The molecule has 0 saturated carbocycles. The van der Waals surface area contributed by atoms with E-state index in [0.717, 1.165) is 11.4 Å². The van der Waals surface area contributed by atoms with E-state index < -0.39 is 0 Å². The van der Waals surface area contributed by atoms with Crippen LogP contribution in [0.15, 0.2) is 18.2 Å². The van der Waals surface area contributed by atoms with Gasteiger partial charge in [0, 0.05) is 19.1 Å². The zero-order chi connectivity index (χ0) is 11.0. The van der Waals surface area contributed by atoms with Gasteiger partial charge in [0.1, 0.15) is 0 Å². The van der Waals surface area contributed by atoms with Crippen LogP contribution in [0.3, 0.4) is 0 Å². The molecule has 1 aromatic carbocycles. The van der Waals surface area contributed by atoms with Gasteiger partial charge in [-0.05, 0) is 32.0 Å². The quantitative estimate of drug-likeness (QED) is 0.699. The number of rotatable bonds is 0. The second-order valence-electron chi connectivity index (χ2n) is 4.13. The maximum Gasteiger partial charge on any atom is 0.0992 e. The number of hydrogen-bond donors (Lipinski definition) is 1. The van der Waals surface area contributed by atoms with E-state index in [1.54, 1.807) is 0 Å². The number of likely N-dealkylation sites (N-methyl/N-ethyl adjacent to an activating group) is 1. The third-order valence-electron chi connectivity index (χ3n) is 3.22. The first-order valence-electron chi connectivity index (χ1n) is 5.17. The molecule has 1 aliphatic heterocycles. The highest BCUT2D eigenvalue weighted by molar-refractivity contribution is 5.74. The number of fused-ring (bicyclic) bond motifs is 1. The molecule has 3 nitrogen and oxygen atoms in total. The Kier molecular flexibility index (Phi) is 2.28. The second kappa shape index (κ2) is 3.47. The van der Waals surface area contributed by atoms with Gasteiger partial charge in [-0.3, -0.25) is 0 Å². The third-order valence-corrected chi connectivity index (χ3v) is 3.22. The molecule has 2 atom stereocenters. The summed E-state index contributed by atoms with van der Waals surface area (Å²) in [6, 6.07) is 8.80. The van der Waals surface area contributed by atoms with E-state index in [0.29, 0.717) is 17.6 Å². The van der Waals surface area contributed by atoms with E-state index in [2.05, 4.69) is 37.2 Å². The van der Waals surface area contributed by atoms with E-state index >= 15 is 0 Å².